The first kappa shape index (κ1) is 24.2. The van der Waals surface area contributed by atoms with Gasteiger partial charge in [-0.1, -0.05) is 19.3 Å². The Hall–Kier alpha value is -1.48. The Balaban J connectivity index is 1.54. The second-order valence-electron chi connectivity index (χ2n) is 8.64. The standard InChI is InChI=1S/C23H36N2O5S/c1-24(21-6-4-3-5-7-21)31(27,28)22-10-8-20(9-11-22)23(26)25-14-12-19(13-15-25)18-30-17-16-29-2/h8-11,19,21H,3-7,12-18H2,1-2H3. The highest BCUT2D eigenvalue weighted by molar-refractivity contribution is 7.89. The van der Waals surface area contributed by atoms with E-state index in [0.717, 1.165) is 38.5 Å². The van der Waals surface area contributed by atoms with E-state index in [1.807, 2.05) is 4.90 Å². The van der Waals surface area contributed by atoms with Crippen molar-refractivity contribution in [2.24, 2.45) is 5.92 Å². The van der Waals surface area contributed by atoms with Crippen LogP contribution in [-0.4, -0.2) is 76.6 Å². The van der Waals surface area contributed by atoms with Crippen molar-refractivity contribution in [2.45, 2.75) is 55.9 Å². The van der Waals surface area contributed by atoms with E-state index in [9.17, 15) is 13.2 Å². The van der Waals surface area contributed by atoms with Gasteiger partial charge in [-0.25, -0.2) is 8.42 Å². The molecule has 0 spiro atoms. The number of amides is 1. The van der Waals surface area contributed by atoms with Crippen LogP contribution < -0.4 is 0 Å². The molecule has 1 aliphatic heterocycles. The van der Waals surface area contributed by atoms with Crippen LogP contribution in [0.1, 0.15) is 55.3 Å². The second-order valence-corrected chi connectivity index (χ2v) is 10.6. The summed E-state index contributed by atoms with van der Waals surface area (Å²) in [6.07, 6.45) is 7.00. The molecule has 1 aliphatic carbocycles. The van der Waals surface area contributed by atoms with E-state index >= 15 is 0 Å². The molecule has 0 aromatic heterocycles. The van der Waals surface area contributed by atoms with Crippen molar-refractivity contribution >= 4 is 15.9 Å². The van der Waals surface area contributed by atoms with Crippen LogP contribution in [0.5, 0.6) is 0 Å². The third-order valence-electron chi connectivity index (χ3n) is 6.55. The zero-order valence-electron chi connectivity index (χ0n) is 18.8. The van der Waals surface area contributed by atoms with Gasteiger partial charge in [0.25, 0.3) is 5.91 Å². The molecule has 2 fully saturated rings. The smallest absolute Gasteiger partial charge is 0.253 e. The Morgan fingerprint density at radius 3 is 2.29 bits per heavy atom. The lowest BCUT2D eigenvalue weighted by molar-refractivity contribution is 0.0327. The normalized spacial score (nSPS) is 19.1. The number of carbonyl (C=O) groups is 1. The van der Waals surface area contributed by atoms with Crippen LogP contribution in [-0.2, 0) is 19.5 Å². The van der Waals surface area contributed by atoms with Gasteiger partial charge in [0.05, 0.1) is 18.1 Å². The molecule has 31 heavy (non-hydrogen) atoms. The summed E-state index contributed by atoms with van der Waals surface area (Å²) in [5, 5.41) is 0. The molecule has 0 N–H and O–H groups in total. The molecular formula is C23H36N2O5S. The lowest BCUT2D eigenvalue weighted by atomic mass is 9.96. The van der Waals surface area contributed by atoms with Crippen LogP contribution >= 0.6 is 0 Å². The SMILES string of the molecule is COCCOCC1CCN(C(=O)c2ccc(S(=O)(=O)N(C)C3CCCCC3)cc2)CC1. The van der Waals surface area contributed by atoms with Crippen molar-refractivity contribution in [1.29, 1.82) is 0 Å². The number of hydrogen-bond acceptors (Lipinski definition) is 5. The van der Waals surface area contributed by atoms with Gasteiger partial charge < -0.3 is 14.4 Å². The average molecular weight is 453 g/mol. The van der Waals surface area contributed by atoms with Crippen LogP contribution in [0.2, 0.25) is 0 Å². The third kappa shape index (κ3) is 6.28. The van der Waals surface area contributed by atoms with E-state index in [1.165, 1.54) is 10.7 Å². The molecule has 7 nitrogen and oxygen atoms in total. The topological polar surface area (TPSA) is 76.1 Å². The van der Waals surface area contributed by atoms with Gasteiger partial charge in [-0.05, 0) is 55.9 Å². The predicted octanol–water partition coefficient (Wildman–Crippen LogP) is 3.16. The Morgan fingerprint density at radius 1 is 1.03 bits per heavy atom. The molecule has 0 radical (unpaired) electrons. The van der Waals surface area contributed by atoms with Crippen molar-refractivity contribution in [3.8, 4) is 0 Å². The third-order valence-corrected chi connectivity index (χ3v) is 8.48. The maximum atomic E-state index is 13.0. The molecule has 1 aromatic carbocycles. The molecule has 1 heterocycles. The Kier molecular flexibility index (Phi) is 8.89. The number of sulfonamides is 1. The van der Waals surface area contributed by atoms with Gasteiger partial charge in [-0.2, -0.15) is 4.31 Å². The Morgan fingerprint density at radius 2 is 1.68 bits per heavy atom. The lowest BCUT2D eigenvalue weighted by Crippen LogP contribution is -2.39. The van der Waals surface area contributed by atoms with Crippen LogP contribution in [0, 0.1) is 5.92 Å². The van der Waals surface area contributed by atoms with Crippen molar-refractivity contribution in [3.05, 3.63) is 29.8 Å². The summed E-state index contributed by atoms with van der Waals surface area (Å²) in [4.78, 5) is 15.0. The summed E-state index contributed by atoms with van der Waals surface area (Å²) < 4.78 is 38.1. The number of likely N-dealkylation sites (tertiary alicyclic amines) is 1. The molecule has 1 aromatic rings. The van der Waals surface area contributed by atoms with Crippen molar-refractivity contribution in [2.75, 3.05) is 47.1 Å². The fourth-order valence-corrected chi connectivity index (χ4v) is 5.87. The lowest BCUT2D eigenvalue weighted by Gasteiger charge is -2.32. The minimum absolute atomic E-state index is 0.0386. The fourth-order valence-electron chi connectivity index (χ4n) is 4.45. The Bertz CT molecular complexity index is 798. The highest BCUT2D eigenvalue weighted by atomic mass is 32.2. The fraction of sp³-hybridized carbons (Fsp3) is 0.696. The molecule has 1 saturated heterocycles. The number of piperidine rings is 1. The number of methoxy groups -OCH3 is 1. The Labute approximate surface area is 186 Å². The number of nitrogens with zero attached hydrogens (tertiary/aromatic N) is 2. The van der Waals surface area contributed by atoms with E-state index in [1.54, 1.807) is 38.4 Å². The van der Waals surface area contributed by atoms with E-state index in [2.05, 4.69) is 0 Å². The first-order chi connectivity index (χ1) is 14.9. The van der Waals surface area contributed by atoms with Crippen molar-refractivity contribution < 1.29 is 22.7 Å². The van der Waals surface area contributed by atoms with Gasteiger partial charge in [-0.3, -0.25) is 4.79 Å². The maximum Gasteiger partial charge on any atom is 0.253 e. The average Bonchev–Trinajstić information content (AvgIpc) is 2.82. The summed E-state index contributed by atoms with van der Waals surface area (Å²) in [5.74, 6) is 0.423. The predicted molar refractivity (Wildman–Crippen MR) is 120 cm³/mol. The van der Waals surface area contributed by atoms with Crippen LogP contribution in [0.15, 0.2) is 29.2 Å². The molecule has 174 valence electrons. The molecule has 3 rings (SSSR count). The molecule has 0 unspecified atom stereocenters. The summed E-state index contributed by atoms with van der Waals surface area (Å²) in [7, 11) is -0.209. The summed E-state index contributed by atoms with van der Waals surface area (Å²) in [6.45, 7) is 3.29. The van der Waals surface area contributed by atoms with Gasteiger partial charge in [0.2, 0.25) is 10.0 Å². The zero-order valence-corrected chi connectivity index (χ0v) is 19.6. The first-order valence-corrected chi connectivity index (χ1v) is 12.8. The van der Waals surface area contributed by atoms with E-state index < -0.39 is 10.0 Å². The molecule has 8 heteroatoms. The molecule has 1 saturated carbocycles. The summed E-state index contributed by atoms with van der Waals surface area (Å²) >= 11 is 0. The molecule has 0 atom stereocenters. The van der Waals surface area contributed by atoms with Crippen molar-refractivity contribution in [1.82, 2.24) is 9.21 Å². The summed E-state index contributed by atoms with van der Waals surface area (Å²) in [6, 6.07) is 6.49. The van der Waals surface area contributed by atoms with Gasteiger partial charge in [0, 0.05) is 45.5 Å². The minimum atomic E-state index is -3.54. The zero-order chi connectivity index (χ0) is 22.3. The number of rotatable bonds is 9. The summed E-state index contributed by atoms with van der Waals surface area (Å²) in [5.41, 5.74) is 0.536. The minimum Gasteiger partial charge on any atom is -0.382 e. The van der Waals surface area contributed by atoms with Gasteiger partial charge in [0.15, 0.2) is 0 Å². The molecule has 2 aliphatic rings. The second kappa shape index (κ2) is 11.4. The monoisotopic (exact) mass is 452 g/mol. The van der Waals surface area contributed by atoms with E-state index in [-0.39, 0.29) is 16.8 Å². The first-order valence-electron chi connectivity index (χ1n) is 11.4. The van der Waals surface area contributed by atoms with Gasteiger partial charge in [-0.15, -0.1) is 0 Å². The maximum absolute atomic E-state index is 13.0. The van der Waals surface area contributed by atoms with Crippen molar-refractivity contribution in [3.63, 3.8) is 0 Å². The van der Waals surface area contributed by atoms with E-state index in [4.69, 9.17) is 9.47 Å². The number of benzene rings is 1. The quantitative estimate of drug-likeness (QED) is 0.538. The van der Waals surface area contributed by atoms with Gasteiger partial charge in [0.1, 0.15) is 0 Å². The van der Waals surface area contributed by atoms with Crippen LogP contribution in [0.25, 0.3) is 0 Å². The molecular weight excluding hydrogens is 416 g/mol. The molecule has 0 bridgehead atoms. The largest absolute Gasteiger partial charge is 0.382 e. The highest BCUT2D eigenvalue weighted by Gasteiger charge is 2.29. The van der Waals surface area contributed by atoms with Crippen LogP contribution in [0.4, 0.5) is 0 Å². The highest BCUT2D eigenvalue weighted by Crippen LogP contribution is 2.27. The van der Waals surface area contributed by atoms with Gasteiger partial charge >= 0.3 is 0 Å². The number of ether oxygens (including phenoxy) is 2. The number of hydrogen-bond donors (Lipinski definition) is 0. The van der Waals surface area contributed by atoms with E-state index in [0.29, 0.717) is 44.4 Å². The number of carbonyl (C=O) groups excluding carboxylic acids is 1. The van der Waals surface area contributed by atoms with Crippen LogP contribution in [0.3, 0.4) is 0 Å². The molecule has 1 amide bonds.